The van der Waals surface area contributed by atoms with Crippen molar-refractivity contribution in [3.63, 3.8) is 0 Å². The summed E-state index contributed by atoms with van der Waals surface area (Å²) in [6, 6.07) is 0. The Balaban J connectivity index is 1.69. The van der Waals surface area contributed by atoms with E-state index in [0.29, 0.717) is 5.41 Å². The van der Waals surface area contributed by atoms with E-state index in [4.69, 9.17) is 9.47 Å². The third-order valence-corrected chi connectivity index (χ3v) is 6.86. The van der Waals surface area contributed by atoms with Crippen LogP contribution < -0.4 is 0 Å². The molecule has 4 rings (SSSR count). The van der Waals surface area contributed by atoms with Crippen LogP contribution >= 0.6 is 0 Å². The highest BCUT2D eigenvalue weighted by molar-refractivity contribution is 5.75. The molecule has 0 heterocycles. The van der Waals surface area contributed by atoms with Gasteiger partial charge in [-0.1, -0.05) is 6.92 Å². The minimum Gasteiger partial charge on any atom is -0.435 e. The van der Waals surface area contributed by atoms with Gasteiger partial charge >= 0.3 is 5.97 Å². The van der Waals surface area contributed by atoms with Crippen molar-refractivity contribution in [3.05, 3.63) is 0 Å². The Kier molecular flexibility index (Phi) is 5.03. The highest BCUT2D eigenvalue weighted by atomic mass is 16.7. The molecular formula is C21H36O3. The van der Waals surface area contributed by atoms with Gasteiger partial charge in [0.2, 0.25) is 6.29 Å². The molecule has 4 saturated carbocycles. The van der Waals surface area contributed by atoms with Gasteiger partial charge in [0.1, 0.15) is 0 Å². The standard InChI is InChI=1S/C21H36O3/c1-6-20(4,5)19(22)24-18(23-14(2)3)13-21-10-15-7-16(11-21)9-17(8-15)12-21/h14-18H,6-13H2,1-5H3. The summed E-state index contributed by atoms with van der Waals surface area (Å²) in [5, 5.41) is 0. The molecule has 1 unspecified atom stereocenters. The molecule has 3 nitrogen and oxygen atoms in total. The molecule has 0 aromatic rings. The first kappa shape index (κ1) is 18.2. The van der Waals surface area contributed by atoms with Crippen molar-refractivity contribution < 1.29 is 14.3 Å². The molecule has 0 aliphatic heterocycles. The van der Waals surface area contributed by atoms with Crippen LogP contribution in [0.15, 0.2) is 0 Å². The van der Waals surface area contributed by atoms with Crippen LogP contribution in [0.3, 0.4) is 0 Å². The van der Waals surface area contributed by atoms with Crippen LogP contribution in [-0.2, 0) is 14.3 Å². The third kappa shape index (κ3) is 3.81. The van der Waals surface area contributed by atoms with Crippen LogP contribution in [0.1, 0.15) is 86.0 Å². The zero-order chi connectivity index (χ0) is 17.5. The van der Waals surface area contributed by atoms with Crippen molar-refractivity contribution >= 4 is 5.97 Å². The van der Waals surface area contributed by atoms with Crippen molar-refractivity contribution in [1.29, 1.82) is 0 Å². The number of carbonyl (C=O) groups is 1. The second-order valence-electron chi connectivity index (χ2n) is 9.88. The fraction of sp³-hybridized carbons (Fsp3) is 0.952. The summed E-state index contributed by atoms with van der Waals surface area (Å²) in [4.78, 5) is 12.6. The third-order valence-electron chi connectivity index (χ3n) is 6.86. The van der Waals surface area contributed by atoms with Crippen molar-refractivity contribution in [1.82, 2.24) is 0 Å². The van der Waals surface area contributed by atoms with E-state index < -0.39 is 5.41 Å². The van der Waals surface area contributed by atoms with E-state index in [-0.39, 0.29) is 18.4 Å². The van der Waals surface area contributed by atoms with Gasteiger partial charge in [0, 0.05) is 6.42 Å². The molecule has 24 heavy (non-hydrogen) atoms. The Morgan fingerprint density at radius 1 is 1.08 bits per heavy atom. The summed E-state index contributed by atoms with van der Waals surface area (Å²) in [5.41, 5.74) is -0.0645. The zero-order valence-corrected chi connectivity index (χ0v) is 16.3. The SMILES string of the molecule is CCC(C)(C)C(=O)OC(CC12CC3CC(CC(C3)C1)C2)OC(C)C. The molecule has 0 spiro atoms. The first-order valence-corrected chi connectivity index (χ1v) is 10.1. The summed E-state index contributed by atoms with van der Waals surface area (Å²) < 4.78 is 12.0. The van der Waals surface area contributed by atoms with E-state index >= 15 is 0 Å². The van der Waals surface area contributed by atoms with Gasteiger partial charge in [0.05, 0.1) is 11.5 Å². The number of carbonyl (C=O) groups excluding carboxylic acids is 1. The van der Waals surface area contributed by atoms with Crippen LogP contribution in [0, 0.1) is 28.6 Å². The molecule has 4 aliphatic rings. The zero-order valence-electron chi connectivity index (χ0n) is 16.3. The quantitative estimate of drug-likeness (QED) is 0.466. The van der Waals surface area contributed by atoms with Crippen molar-refractivity contribution in [2.75, 3.05) is 0 Å². The Morgan fingerprint density at radius 3 is 2.00 bits per heavy atom. The number of hydrogen-bond acceptors (Lipinski definition) is 3. The molecule has 0 aromatic heterocycles. The van der Waals surface area contributed by atoms with Gasteiger partial charge in [-0.3, -0.25) is 4.79 Å². The van der Waals surface area contributed by atoms with E-state index in [1.165, 1.54) is 38.5 Å². The number of hydrogen-bond donors (Lipinski definition) is 0. The maximum absolute atomic E-state index is 12.6. The topological polar surface area (TPSA) is 35.5 Å². The smallest absolute Gasteiger partial charge is 0.313 e. The highest BCUT2D eigenvalue weighted by Gasteiger charge is 2.52. The van der Waals surface area contributed by atoms with E-state index in [0.717, 1.165) is 30.6 Å². The molecule has 0 N–H and O–H groups in total. The molecular weight excluding hydrogens is 300 g/mol. The van der Waals surface area contributed by atoms with Crippen LogP contribution in [0.4, 0.5) is 0 Å². The maximum atomic E-state index is 12.6. The Morgan fingerprint density at radius 2 is 1.58 bits per heavy atom. The summed E-state index contributed by atoms with van der Waals surface area (Å²) >= 11 is 0. The molecule has 4 bridgehead atoms. The highest BCUT2D eigenvalue weighted by Crippen LogP contribution is 2.61. The van der Waals surface area contributed by atoms with E-state index in [1.807, 2.05) is 34.6 Å². The normalized spacial score (nSPS) is 36.2. The average molecular weight is 337 g/mol. The van der Waals surface area contributed by atoms with Crippen molar-refractivity contribution in [2.24, 2.45) is 28.6 Å². The van der Waals surface area contributed by atoms with Gasteiger partial charge in [-0.15, -0.1) is 0 Å². The second-order valence-corrected chi connectivity index (χ2v) is 9.88. The van der Waals surface area contributed by atoms with Crippen molar-refractivity contribution in [2.45, 2.75) is 98.4 Å². The number of rotatable bonds is 7. The van der Waals surface area contributed by atoms with Gasteiger partial charge < -0.3 is 9.47 Å². The average Bonchev–Trinajstić information content (AvgIpc) is 2.44. The molecule has 0 radical (unpaired) electrons. The Labute approximate surface area is 147 Å². The molecule has 3 heteroatoms. The minimum absolute atomic E-state index is 0.0847. The molecule has 4 fully saturated rings. The van der Waals surface area contributed by atoms with E-state index in [2.05, 4.69) is 0 Å². The first-order chi connectivity index (χ1) is 11.2. The molecule has 0 amide bonds. The van der Waals surface area contributed by atoms with Gasteiger partial charge in [0.25, 0.3) is 0 Å². The van der Waals surface area contributed by atoms with Crippen LogP contribution in [0.5, 0.6) is 0 Å². The van der Waals surface area contributed by atoms with Crippen LogP contribution in [0.25, 0.3) is 0 Å². The van der Waals surface area contributed by atoms with E-state index in [1.54, 1.807) is 0 Å². The Hall–Kier alpha value is -0.570. The second kappa shape index (κ2) is 6.63. The molecule has 4 aliphatic carbocycles. The minimum atomic E-state index is -0.430. The maximum Gasteiger partial charge on any atom is 0.313 e. The lowest BCUT2D eigenvalue weighted by Gasteiger charge is -2.57. The molecule has 0 saturated heterocycles. The fourth-order valence-corrected chi connectivity index (χ4v) is 5.74. The first-order valence-electron chi connectivity index (χ1n) is 10.1. The molecule has 1 atom stereocenters. The monoisotopic (exact) mass is 336 g/mol. The van der Waals surface area contributed by atoms with Gasteiger partial charge in [-0.05, 0) is 95.8 Å². The van der Waals surface area contributed by atoms with Crippen molar-refractivity contribution in [3.8, 4) is 0 Å². The molecule has 138 valence electrons. The summed E-state index contributed by atoms with van der Waals surface area (Å²) in [7, 11) is 0. The summed E-state index contributed by atoms with van der Waals surface area (Å²) in [5.74, 6) is 2.64. The van der Waals surface area contributed by atoms with Gasteiger partial charge in [0.15, 0.2) is 0 Å². The van der Waals surface area contributed by atoms with Crippen LogP contribution in [-0.4, -0.2) is 18.4 Å². The van der Waals surface area contributed by atoms with E-state index in [9.17, 15) is 4.79 Å². The molecule has 0 aromatic carbocycles. The van der Waals surface area contributed by atoms with Gasteiger partial charge in [-0.2, -0.15) is 0 Å². The largest absolute Gasteiger partial charge is 0.435 e. The lowest BCUT2D eigenvalue weighted by Crippen LogP contribution is -2.48. The lowest BCUT2D eigenvalue weighted by atomic mass is 9.49. The van der Waals surface area contributed by atoms with Gasteiger partial charge in [-0.25, -0.2) is 0 Å². The predicted octanol–water partition coefficient (Wildman–Crippen LogP) is 5.32. The Bertz CT molecular complexity index is 430. The van der Waals surface area contributed by atoms with Crippen LogP contribution in [0.2, 0.25) is 0 Å². The predicted molar refractivity (Wildman–Crippen MR) is 95.4 cm³/mol. The fourth-order valence-electron chi connectivity index (χ4n) is 5.74. The summed E-state index contributed by atoms with van der Waals surface area (Å²) in [6.07, 6.45) is 9.70. The lowest BCUT2D eigenvalue weighted by molar-refractivity contribution is -0.211. The number of ether oxygens (including phenoxy) is 2. The summed E-state index contributed by atoms with van der Waals surface area (Å²) in [6.45, 7) is 10.0. The number of esters is 1.